The summed E-state index contributed by atoms with van der Waals surface area (Å²) < 4.78 is 10.9. The molecular weight excluding hydrogens is 232 g/mol. The molecule has 0 radical (unpaired) electrons. The van der Waals surface area contributed by atoms with Crippen LogP contribution in [0.4, 0.5) is 0 Å². The Balaban J connectivity index is 1.52. The minimum Gasteiger partial charge on any atom is -0.389 e. The summed E-state index contributed by atoms with van der Waals surface area (Å²) in [6.07, 6.45) is 1.82. The normalized spacial score (nSPS) is 25.2. The lowest BCUT2D eigenvalue weighted by atomic mass is 10.0. The van der Waals surface area contributed by atoms with Crippen molar-refractivity contribution in [2.75, 3.05) is 59.2 Å². The third-order valence-electron chi connectivity index (χ3n) is 3.68. The Morgan fingerprint density at radius 1 is 1.28 bits per heavy atom. The van der Waals surface area contributed by atoms with Crippen LogP contribution in [0.1, 0.15) is 12.8 Å². The van der Waals surface area contributed by atoms with Crippen molar-refractivity contribution in [1.82, 2.24) is 10.2 Å². The van der Waals surface area contributed by atoms with Crippen LogP contribution in [0.2, 0.25) is 0 Å². The third kappa shape index (κ3) is 5.20. The molecule has 2 aliphatic rings. The van der Waals surface area contributed by atoms with Gasteiger partial charge in [-0.25, -0.2) is 0 Å². The molecule has 2 fully saturated rings. The Morgan fingerprint density at radius 3 is 2.72 bits per heavy atom. The van der Waals surface area contributed by atoms with Crippen molar-refractivity contribution in [1.29, 1.82) is 0 Å². The number of nitrogens with zero attached hydrogens (tertiary/aromatic N) is 1. The SMILES string of the molecule is OC(COCC1CCOCC1)CN1CCNCC1. The zero-order valence-electron chi connectivity index (χ0n) is 11.1. The largest absolute Gasteiger partial charge is 0.389 e. The molecule has 0 bridgehead atoms. The average molecular weight is 258 g/mol. The highest BCUT2D eigenvalue weighted by atomic mass is 16.5. The summed E-state index contributed by atoms with van der Waals surface area (Å²) in [7, 11) is 0. The molecule has 2 N–H and O–H groups in total. The maximum atomic E-state index is 9.92. The predicted molar refractivity (Wildman–Crippen MR) is 69.7 cm³/mol. The van der Waals surface area contributed by atoms with E-state index in [1.165, 1.54) is 0 Å². The van der Waals surface area contributed by atoms with Gasteiger partial charge in [0.05, 0.1) is 12.7 Å². The lowest BCUT2D eigenvalue weighted by Crippen LogP contribution is -2.47. The number of hydrogen-bond donors (Lipinski definition) is 2. The number of piperazine rings is 1. The van der Waals surface area contributed by atoms with Gasteiger partial charge in [-0.3, -0.25) is 4.90 Å². The zero-order chi connectivity index (χ0) is 12.6. The van der Waals surface area contributed by atoms with Gasteiger partial charge in [0.2, 0.25) is 0 Å². The van der Waals surface area contributed by atoms with Crippen molar-refractivity contribution in [2.24, 2.45) is 5.92 Å². The van der Waals surface area contributed by atoms with E-state index in [0.717, 1.165) is 65.4 Å². The standard InChI is InChI=1S/C13H26N2O3/c16-13(9-15-5-3-14-4-6-15)11-18-10-12-1-7-17-8-2-12/h12-14,16H,1-11H2. The Bertz CT molecular complexity index is 216. The maximum absolute atomic E-state index is 9.92. The smallest absolute Gasteiger partial charge is 0.0900 e. The predicted octanol–water partition coefficient (Wildman–Crippen LogP) is -0.304. The topological polar surface area (TPSA) is 54.0 Å². The van der Waals surface area contributed by atoms with Crippen LogP contribution >= 0.6 is 0 Å². The second-order valence-corrected chi connectivity index (χ2v) is 5.30. The van der Waals surface area contributed by atoms with E-state index >= 15 is 0 Å². The molecule has 0 aliphatic carbocycles. The summed E-state index contributed by atoms with van der Waals surface area (Å²) in [4.78, 5) is 2.29. The van der Waals surface area contributed by atoms with Crippen LogP contribution in [-0.2, 0) is 9.47 Å². The summed E-state index contributed by atoms with van der Waals surface area (Å²) in [5.41, 5.74) is 0. The van der Waals surface area contributed by atoms with Crippen molar-refractivity contribution in [2.45, 2.75) is 18.9 Å². The molecule has 5 nitrogen and oxygen atoms in total. The molecule has 0 amide bonds. The minimum atomic E-state index is -0.358. The molecule has 1 atom stereocenters. The summed E-state index contributed by atoms with van der Waals surface area (Å²) in [5.74, 6) is 0.616. The second kappa shape index (κ2) is 8.07. The molecular formula is C13H26N2O3. The summed E-state index contributed by atoms with van der Waals surface area (Å²) in [5, 5.41) is 13.2. The van der Waals surface area contributed by atoms with Crippen LogP contribution in [0.15, 0.2) is 0 Å². The van der Waals surface area contributed by atoms with E-state index in [0.29, 0.717) is 12.5 Å². The molecule has 0 saturated carbocycles. The lowest BCUT2D eigenvalue weighted by Gasteiger charge is -2.29. The number of ether oxygens (including phenoxy) is 2. The van der Waals surface area contributed by atoms with Crippen molar-refractivity contribution < 1.29 is 14.6 Å². The molecule has 2 rings (SSSR count). The first-order valence-electron chi connectivity index (χ1n) is 7.11. The quantitative estimate of drug-likeness (QED) is 0.685. The van der Waals surface area contributed by atoms with E-state index in [4.69, 9.17) is 9.47 Å². The highest BCUT2D eigenvalue weighted by molar-refractivity contribution is 4.71. The maximum Gasteiger partial charge on any atom is 0.0900 e. The van der Waals surface area contributed by atoms with Gasteiger partial charge in [0.15, 0.2) is 0 Å². The molecule has 0 aromatic carbocycles. The fourth-order valence-corrected chi connectivity index (χ4v) is 2.53. The minimum absolute atomic E-state index is 0.358. The van der Waals surface area contributed by atoms with Crippen molar-refractivity contribution >= 4 is 0 Å². The fourth-order valence-electron chi connectivity index (χ4n) is 2.53. The number of aliphatic hydroxyl groups is 1. The number of nitrogens with one attached hydrogen (secondary N) is 1. The van der Waals surface area contributed by atoms with Gasteiger partial charge in [0.1, 0.15) is 0 Å². The van der Waals surface area contributed by atoms with E-state index in [1.54, 1.807) is 0 Å². The van der Waals surface area contributed by atoms with E-state index in [2.05, 4.69) is 10.2 Å². The van der Waals surface area contributed by atoms with Crippen LogP contribution in [-0.4, -0.2) is 75.3 Å². The number of hydrogen-bond acceptors (Lipinski definition) is 5. The van der Waals surface area contributed by atoms with Crippen molar-refractivity contribution in [3.63, 3.8) is 0 Å². The van der Waals surface area contributed by atoms with Crippen LogP contribution in [0, 0.1) is 5.92 Å². The number of aliphatic hydroxyl groups excluding tert-OH is 1. The van der Waals surface area contributed by atoms with Gasteiger partial charge in [-0.05, 0) is 18.8 Å². The van der Waals surface area contributed by atoms with Crippen LogP contribution < -0.4 is 5.32 Å². The van der Waals surface area contributed by atoms with Gasteiger partial charge in [-0.2, -0.15) is 0 Å². The Hall–Kier alpha value is -0.200. The lowest BCUT2D eigenvalue weighted by molar-refractivity contribution is -0.0184. The van der Waals surface area contributed by atoms with E-state index in [1.807, 2.05) is 0 Å². The molecule has 5 heteroatoms. The molecule has 0 aromatic rings. The van der Waals surface area contributed by atoms with Crippen molar-refractivity contribution in [3.05, 3.63) is 0 Å². The van der Waals surface area contributed by atoms with Gasteiger partial charge in [0, 0.05) is 52.5 Å². The molecule has 1 unspecified atom stereocenters. The fraction of sp³-hybridized carbons (Fsp3) is 1.00. The highest BCUT2D eigenvalue weighted by Gasteiger charge is 2.17. The van der Waals surface area contributed by atoms with Crippen molar-refractivity contribution in [3.8, 4) is 0 Å². The van der Waals surface area contributed by atoms with Crippen LogP contribution in [0.5, 0.6) is 0 Å². The second-order valence-electron chi connectivity index (χ2n) is 5.30. The van der Waals surface area contributed by atoms with E-state index in [-0.39, 0.29) is 6.10 Å². The summed E-state index contributed by atoms with van der Waals surface area (Å²) in [6.45, 7) is 7.77. The molecule has 0 spiro atoms. The average Bonchev–Trinajstić information content (AvgIpc) is 2.41. The Morgan fingerprint density at radius 2 is 2.00 bits per heavy atom. The Labute approximate surface area is 109 Å². The van der Waals surface area contributed by atoms with Gasteiger partial charge >= 0.3 is 0 Å². The van der Waals surface area contributed by atoms with E-state index < -0.39 is 0 Å². The summed E-state index contributed by atoms with van der Waals surface area (Å²) >= 11 is 0. The first kappa shape index (κ1) is 14.2. The number of rotatable bonds is 6. The van der Waals surface area contributed by atoms with Crippen LogP contribution in [0.25, 0.3) is 0 Å². The first-order valence-corrected chi connectivity index (χ1v) is 7.11. The van der Waals surface area contributed by atoms with E-state index in [9.17, 15) is 5.11 Å². The highest BCUT2D eigenvalue weighted by Crippen LogP contribution is 2.14. The third-order valence-corrected chi connectivity index (χ3v) is 3.68. The monoisotopic (exact) mass is 258 g/mol. The molecule has 2 heterocycles. The Kier molecular flexibility index (Phi) is 6.37. The van der Waals surface area contributed by atoms with Gasteiger partial charge in [-0.1, -0.05) is 0 Å². The van der Waals surface area contributed by atoms with Gasteiger partial charge in [0.25, 0.3) is 0 Å². The zero-order valence-corrected chi connectivity index (χ0v) is 11.1. The molecule has 2 saturated heterocycles. The molecule has 2 aliphatic heterocycles. The van der Waals surface area contributed by atoms with Gasteiger partial charge in [-0.15, -0.1) is 0 Å². The molecule has 0 aromatic heterocycles. The molecule has 18 heavy (non-hydrogen) atoms. The first-order chi connectivity index (χ1) is 8.84. The van der Waals surface area contributed by atoms with Crippen LogP contribution in [0.3, 0.4) is 0 Å². The number of β-amino-alcohol motifs (C(OH)–C–C–N with tert-alkyl or cyclic N) is 1. The summed E-state index contributed by atoms with van der Waals surface area (Å²) in [6, 6.07) is 0. The van der Waals surface area contributed by atoms with Gasteiger partial charge < -0.3 is 19.9 Å². The molecule has 106 valence electrons.